The van der Waals surface area contributed by atoms with Gasteiger partial charge < -0.3 is 10.2 Å². The standard InChI is InChI=1S/C16H24BrClN2/c1-13-5-2-3-9-20(13)10-4-8-19-12-14-6-7-15(17)16(18)11-14/h6-7,11,13,19H,2-5,8-10,12H2,1H3. The molecule has 1 heterocycles. The first-order valence-corrected chi connectivity index (χ1v) is 8.72. The Balaban J connectivity index is 1.62. The number of piperidine rings is 1. The molecule has 0 amide bonds. The first kappa shape index (κ1) is 16.3. The lowest BCUT2D eigenvalue weighted by Gasteiger charge is -2.33. The van der Waals surface area contributed by atoms with E-state index < -0.39 is 0 Å². The molecule has 4 heteroatoms. The Kier molecular flexibility index (Phi) is 6.82. The highest BCUT2D eigenvalue weighted by Crippen LogP contribution is 2.23. The third-order valence-electron chi connectivity index (χ3n) is 4.05. The van der Waals surface area contributed by atoms with Gasteiger partial charge in [0.15, 0.2) is 0 Å². The molecule has 1 atom stereocenters. The van der Waals surface area contributed by atoms with Gasteiger partial charge in [0.05, 0.1) is 5.02 Å². The maximum atomic E-state index is 6.09. The topological polar surface area (TPSA) is 15.3 Å². The fourth-order valence-electron chi connectivity index (χ4n) is 2.78. The predicted molar refractivity (Wildman–Crippen MR) is 90.4 cm³/mol. The van der Waals surface area contributed by atoms with Crippen molar-refractivity contribution in [2.75, 3.05) is 19.6 Å². The Labute approximate surface area is 136 Å². The predicted octanol–water partition coefficient (Wildman–Crippen LogP) is 4.46. The fourth-order valence-corrected chi connectivity index (χ4v) is 3.23. The van der Waals surface area contributed by atoms with Crippen LogP contribution >= 0.6 is 27.5 Å². The summed E-state index contributed by atoms with van der Waals surface area (Å²) in [5.41, 5.74) is 1.24. The minimum absolute atomic E-state index is 0.772. The van der Waals surface area contributed by atoms with E-state index in [1.807, 2.05) is 12.1 Å². The molecular formula is C16H24BrClN2. The van der Waals surface area contributed by atoms with Crippen molar-refractivity contribution in [2.45, 2.75) is 45.2 Å². The van der Waals surface area contributed by atoms with E-state index in [-0.39, 0.29) is 0 Å². The number of nitrogens with zero attached hydrogens (tertiary/aromatic N) is 1. The van der Waals surface area contributed by atoms with Crippen LogP contribution in [0.1, 0.15) is 38.2 Å². The molecule has 0 radical (unpaired) electrons. The Morgan fingerprint density at radius 2 is 2.25 bits per heavy atom. The second-order valence-corrected chi connectivity index (χ2v) is 6.92. The minimum atomic E-state index is 0.772. The zero-order valence-corrected chi connectivity index (χ0v) is 14.5. The number of halogens is 2. The van der Waals surface area contributed by atoms with Gasteiger partial charge in [0.1, 0.15) is 0 Å². The number of hydrogen-bond acceptors (Lipinski definition) is 2. The molecular weight excluding hydrogens is 336 g/mol. The molecule has 0 spiro atoms. The van der Waals surface area contributed by atoms with Gasteiger partial charge in [0.2, 0.25) is 0 Å². The molecule has 1 fully saturated rings. The summed E-state index contributed by atoms with van der Waals surface area (Å²) in [6.45, 7) is 6.81. The van der Waals surface area contributed by atoms with Crippen molar-refractivity contribution < 1.29 is 0 Å². The molecule has 1 aliphatic rings. The van der Waals surface area contributed by atoms with Gasteiger partial charge in [-0.15, -0.1) is 0 Å². The van der Waals surface area contributed by atoms with Gasteiger partial charge in [0, 0.05) is 17.1 Å². The Morgan fingerprint density at radius 1 is 1.40 bits per heavy atom. The third-order valence-corrected chi connectivity index (χ3v) is 5.29. The molecule has 0 aliphatic carbocycles. The highest BCUT2D eigenvalue weighted by Gasteiger charge is 2.16. The van der Waals surface area contributed by atoms with Crippen molar-refractivity contribution in [3.63, 3.8) is 0 Å². The zero-order valence-electron chi connectivity index (χ0n) is 12.2. The lowest BCUT2D eigenvalue weighted by Crippen LogP contribution is -2.38. The van der Waals surface area contributed by atoms with Crippen LogP contribution in [0.25, 0.3) is 0 Å². The van der Waals surface area contributed by atoms with E-state index in [1.54, 1.807) is 0 Å². The van der Waals surface area contributed by atoms with Crippen LogP contribution in [0.5, 0.6) is 0 Å². The molecule has 1 aliphatic heterocycles. The highest BCUT2D eigenvalue weighted by molar-refractivity contribution is 9.10. The summed E-state index contributed by atoms with van der Waals surface area (Å²) in [5, 5.41) is 4.29. The van der Waals surface area contributed by atoms with Crippen molar-refractivity contribution in [3.8, 4) is 0 Å². The fraction of sp³-hybridized carbons (Fsp3) is 0.625. The first-order chi connectivity index (χ1) is 9.66. The van der Waals surface area contributed by atoms with Gasteiger partial charge in [-0.3, -0.25) is 0 Å². The second kappa shape index (κ2) is 8.38. The van der Waals surface area contributed by atoms with Gasteiger partial charge >= 0.3 is 0 Å². The molecule has 20 heavy (non-hydrogen) atoms. The van der Waals surface area contributed by atoms with Crippen LogP contribution in [0.3, 0.4) is 0 Å². The highest BCUT2D eigenvalue weighted by atomic mass is 79.9. The molecule has 2 rings (SSSR count). The molecule has 1 aromatic carbocycles. The number of hydrogen-bond donors (Lipinski definition) is 1. The average molecular weight is 360 g/mol. The van der Waals surface area contributed by atoms with Crippen LogP contribution in [0.4, 0.5) is 0 Å². The number of rotatable bonds is 6. The molecule has 2 nitrogen and oxygen atoms in total. The first-order valence-electron chi connectivity index (χ1n) is 7.55. The summed E-state index contributed by atoms with van der Waals surface area (Å²) < 4.78 is 0.960. The molecule has 1 aromatic rings. The van der Waals surface area contributed by atoms with E-state index in [0.717, 1.165) is 28.6 Å². The van der Waals surface area contributed by atoms with Crippen molar-refractivity contribution in [1.82, 2.24) is 10.2 Å². The van der Waals surface area contributed by atoms with E-state index in [0.29, 0.717) is 0 Å². The van der Waals surface area contributed by atoms with Crippen molar-refractivity contribution in [1.29, 1.82) is 0 Å². The zero-order chi connectivity index (χ0) is 14.4. The lowest BCUT2D eigenvalue weighted by atomic mass is 10.0. The quantitative estimate of drug-likeness (QED) is 0.755. The molecule has 1 N–H and O–H groups in total. The van der Waals surface area contributed by atoms with Crippen LogP contribution in [0, 0.1) is 0 Å². The number of likely N-dealkylation sites (tertiary alicyclic amines) is 1. The van der Waals surface area contributed by atoms with Gasteiger partial charge in [-0.05, 0) is 79.4 Å². The van der Waals surface area contributed by atoms with Crippen LogP contribution in [-0.4, -0.2) is 30.6 Å². The van der Waals surface area contributed by atoms with Gasteiger partial charge in [-0.25, -0.2) is 0 Å². The molecule has 0 saturated carbocycles. The van der Waals surface area contributed by atoms with E-state index >= 15 is 0 Å². The van der Waals surface area contributed by atoms with Gasteiger partial charge in [0.25, 0.3) is 0 Å². The van der Waals surface area contributed by atoms with Crippen molar-refractivity contribution in [3.05, 3.63) is 33.3 Å². The summed E-state index contributed by atoms with van der Waals surface area (Å²) in [4.78, 5) is 2.63. The van der Waals surface area contributed by atoms with Crippen molar-refractivity contribution >= 4 is 27.5 Å². The summed E-state index contributed by atoms with van der Waals surface area (Å²) in [7, 11) is 0. The van der Waals surface area contributed by atoms with Gasteiger partial charge in [-0.1, -0.05) is 24.1 Å². The Bertz CT molecular complexity index is 425. The maximum Gasteiger partial charge on any atom is 0.0551 e. The van der Waals surface area contributed by atoms with E-state index in [1.165, 1.54) is 44.3 Å². The van der Waals surface area contributed by atoms with E-state index in [4.69, 9.17) is 11.6 Å². The molecule has 1 unspecified atom stereocenters. The maximum absolute atomic E-state index is 6.09. The Hall–Kier alpha value is -0.0900. The van der Waals surface area contributed by atoms with Gasteiger partial charge in [-0.2, -0.15) is 0 Å². The van der Waals surface area contributed by atoms with Crippen LogP contribution in [0.15, 0.2) is 22.7 Å². The van der Waals surface area contributed by atoms with Crippen molar-refractivity contribution in [2.24, 2.45) is 0 Å². The van der Waals surface area contributed by atoms with Crippen LogP contribution in [-0.2, 0) is 6.54 Å². The number of nitrogens with one attached hydrogen (secondary N) is 1. The summed E-state index contributed by atoms with van der Waals surface area (Å²) >= 11 is 9.50. The Morgan fingerprint density at radius 3 is 3.00 bits per heavy atom. The molecule has 0 bridgehead atoms. The summed E-state index contributed by atoms with van der Waals surface area (Å²) in [5.74, 6) is 0. The normalized spacial score (nSPS) is 20.2. The minimum Gasteiger partial charge on any atom is -0.313 e. The smallest absolute Gasteiger partial charge is 0.0551 e. The second-order valence-electron chi connectivity index (χ2n) is 5.66. The van der Waals surface area contributed by atoms with E-state index in [9.17, 15) is 0 Å². The van der Waals surface area contributed by atoms with Crippen LogP contribution < -0.4 is 5.32 Å². The summed E-state index contributed by atoms with van der Waals surface area (Å²) in [6.07, 6.45) is 5.36. The molecule has 1 saturated heterocycles. The SMILES string of the molecule is CC1CCCCN1CCCNCc1ccc(Br)c(Cl)c1. The van der Waals surface area contributed by atoms with Crippen LogP contribution in [0.2, 0.25) is 5.02 Å². The number of benzene rings is 1. The monoisotopic (exact) mass is 358 g/mol. The molecule has 112 valence electrons. The summed E-state index contributed by atoms with van der Waals surface area (Å²) in [6, 6.07) is 6.91. The average Bonchev–Trinajstić information content (AvgIpc) is 2.44. The van der Waals surface area contributed by atoms with E-state index in [2.05, 4.69) is 39.1 Å². The largest absolute Gasteiger partial charge is 0.313 e. The third kappa shape index (κ3) is 5.03. The lowest BCUT2D eigenvalue weighted by molar-refractivity contribution is 0.159. The molecule has 0 aromatic heterocycles.